The fourth-order valence-corrected chi connectivity index (χ4v) is 1.22. The molecular formula is C10H17NO4. The van der Waals surface area contributed by atoms with E-state index in [0.717, 1.165) is 6.08 Å². The highest BCUT2D eigenvalue weighted by atomic mass is 16.7. The molecule has 0 bridgehead atoms. The zero-order chi connectivity index (χ0) is 11.5. The van der Waals surface area contributed by atoms with Crippen LogP contribution in [0.1, 0.15) is 13.8 Å². The number of aliphatic hydroxyl groups is 1. The molecule has 0 saturated carbocycles. The van der Waals surface area contributed by atoms with E-state index in [9.17, 15) is 9.90 Å². The summed E-state index contributed by atoms with van der Waals surface area (Å²) in [7, 11) is 0. The lowest BCUT2D eigenvalue weighted by Gasteiger charge is -2.42. The van der Waals surface area contributed by atoms with Crippen LogP contribution in [-0.4, -0.2) is 42.2 Å². The Morgan fingerprint density at radius 1 is 1.53 bits per heavy atom. The number of carbonyl (C=O) groups is 1. The van der Waals surface area contributed by atoms with Crippen LogP contribution in [0.3, 0.4) is 0 Å². The van der Waals surface area contributed by atoms with Gasteiger partial charge in [-0.3, -0.25) is 4.79 Å². The Morgan fingerprint density at radius 3 is 2.47 bits per heavy atom. The van der Waals surface area contributed by atoms with Crippen molar-refractivity contribution in [2.24, 2.45) is 0 Å². The van der Waals surface area contributed by atoms with E-state index in [1.165, 1.54) is 0 Å². The monoisotopic (exact) mass is 215 g/mol. The molecule has 0 aromatic carbocycles. The highest BCUT2D eigenvalue weighted by molar-refractivity contribution is 5.87. The SMILES string of the molecule is C=CC(=O)NC1(CO)COC(C)(C)OC1. The molecule has 0 unspecified atom stereocenters. The maximum absolute atomic E-state index is 11.2. The zero-order valence-corrected chi connectivity index (χ0v) is 9.08. The fourth-order valence-electron chi connectivity index (χ4n) is 1.22. The molecule has 2 N–H and O–H groups in total. The van der Waals surface area contributed by atoms with Gasteiger partial charge >= 0.3 is 0 Å². The number of carbonyl (C=O) groups excluding carboxylic acids is 1. The summed E-state index contributed by atoms with van der Waals surface area (Å²) in [5, 5.41) is 11.9. The second-order valence-corrected chi connectivity index (χ2v) is 4.11. The maximum Gasteiger partial charge on any atom is 0.244 e. The fraction of sp³-hybridized carbons (Fsp3) is 0.700. The Morgan fingerprint density at radius 2 is 2.07 bits per heavy atom. The number of nitrogens with one attached hydrogen (secondary N) is 1. The topological polar surface area (TPSA) is 67.8 Å². The minimum absolute atomic E-state index is 0.218. The van der Waals surface area contributed by atoms with Gasteiger partial charge in [0.05, 0.1) is 19.8 Å². The predicted molar refractivity (Wildman–Crippen MR) is 54.1 cm³/mol. The van der Waals surface area contributed by atoms with Crippen LogP contribution in [-0.2, 0) is 14.3 Å². The molecule has 15 heavy (non-hydrogen) atoms. The molecule has 0 atom stereocenters. The molecule has 1 rings (SSSR count). The van der Waals surface area contributed by atoms with Crippen molar-refractivity contribution in [1.82, 2.24) is 5.32 Å². The normalized spacial score (nSPS) is 23.1. The molecule has 0 spiro atoms. The minimum Gasteiger partial charge on any atom is -0.394 e. The molecule has 0 aromatic heterocycles. The van der Waals surface area contributed by atoms with Gasteiger partial charge in [-0.05, 0) is 19.9 Å². The third-order valence-corrected chi connectivity index (χ3v) is 2.27. The number of aliphatic hydroxyl groups excluding tert-OH is 1. The van der Waals surface area contributed by atoms with Crippen molar-refractivity contribution in [1.29, 1.82) is 0 Å². The highest BCUT2D eigenvalue weighted by Crippen LogP contribution is 2.23. The van der Waals surface area contributed by atoms with E-state index in [2.05, 4.69) is 11.9 Å². The quantitative estimate of drug-likeness (QED) is 0.640. The third kappa shape index (κ3) is 3.02. The van der Waals surface area contributed by atoms with Gasteiger partial charge < -0.3 is 19.9 Å². The minimum atomic E-state index is -0.860. The number of hydrogen-bond acceptors (Lipinski definition) is 4. The second-order valence-electron chi connectivity index (χ2n) is 4.11. The van der Waals surface area contributed by atoms with Crippen LogP contribution in [0, 0.1) is 0 Å². The molecule has 86 valence electrons. The van der Waals surface area contributed by atoms with Gasteiger partial charge in [0.25, 0.3) is 0 Å². The smallest absolute Gasteiger partial charge is 0.244 e. The third-order valence-electron chi connectivity index (χ3n) is 2.27. The van der Waals surface area contributed by atoms with Crippen molar-refractivity contribution in [3.8, 4) is 0 Å². The molecule has 1 aliphatic heterocycles. The number of hydrogen-bond donors (Lipinski definition) is 2. The van der Waals surface area contributed by atoms with Gasteiger partial charge in [0.1, 0.15) is 5.54 Å². The molecule has 1 fully saturated rings. The molecule has 5 nitrogen and oxygen atoms in total. The molecule has 0 aromatic rings. The van der Waals surface area contributed by atoms with Crippen LogP contribution in [0.25, 0.3) is 0 Å². The van der Waals surface area contributed by atoms with Crippen molar-refractivity contribution in [3.63, 3.8) is 0 Å². The van der Waals surface area contributed by atoms with Gasteiger partial charge in [-0.25, -0.2) is 0 Å². The summed E-state index contributed by atoms with van der Waals surface area (Å²) in [4.78, 5) is 11.2. The van der Waals surface area contributed by atoms with Crippen LogP contribution in [0.5, 0.6) is 0 Å². The van der Waals surface area contributed by atoms with Crippen molar-refractivity contribution >= 4 is 5.91 Å². The summed E-state index contributed by atoms with van der Waals surface area (Å²) in [6, 6.07) is 0. The van der Waals surface area contributed by atoms with E-state index < -0.39 is 11.3 Å². The molecule has 5 heteroatoms. The first-order valence-corrected chi connectivity index (χ1v) is 4.76. The Labute approximate surface area is 89.1 Å². The first-order chi connectivity index (χ1) is 6.93. The van der Waals surface area contributed by atoms with E-state index in [-0.39, 0.29) is 25.7 Å². The summed E-state index contributed by atoms with van der Waals surface area (Å²) >= 11 is 0. The number of amides is 1. The van der Waals surface area contributed by atoms with Crippen molar-refractivity contribution in [3.05, 3.63) is 12.7 Å². The lowest BCUT2D eigenvalue weighted by atomic mass is 10.0. The second kappa shape index (κ2) is 4.30. The average molecular weight is 215 g/mol. The van der Waals surface area contributed by atoms with Crippen molar-refractivity contribution in [2.75, 3.05) is 19.8 Å². The number of rotatable bonds is 3. The summed E-state index contributed by atoms with van der Waals surface area (Å²) in [5.74, 6) is -1.02. The van der Waals surface area contributed by atoms with Gasteiger partial charge in [0.15, 0.2) is 5.79 Å². The van der Waals surface area contributed by atoms with Gasteiger partial charge in [-0.2, -0.15) is 0 Å². The molecule has 0 radical (unpaired) electrons. The molecule has 0 aliphatic carbocycles. The van der Waals surface area contributed by atoms with E-state index in [1.54, 1.807) is 13.8 Å². The highest BCUT2D eigenvalue weighted by Gasteiger charge is 2.40. The maximum atomic E-state index is 11.2. The molecule has 1 aliphatic rings. The summed E-state index contributed by atoms with van der Waals surface area (Å²) < 4.78 is 10.8. The standard InChI is InChI=1S/C10H17NO4/c1-4-8(13)11-10(5-12)6-14-9(2,3)15-7-10/h4,12H,1,5-7H2,2-3H3,(H,11,13). The molecule has 1 saturated heterocycles. The number of ether oxygens (including phenoxy) is 2. The van der Waals surface area contributed by atoms with Crippen LogP contribution in [0.2, 0.25) is 0 Å². The molecule has 1 amide bonds. The summed E-state index contributed by atoms with van der Waals surface area (Å²) in [5.41, 5.74) is -0.860. The molecular weight excluding hydrogens is 198 g/mol. The van der Waals surface area contributed by atoms with Gasteiger partial charge in [0.2, 0.25) is 5.91 Å². The lowest BCUT2D eigenvalue weighted by molar-refractivity contribution is -0.274. The molecule has 1 heterocycles. The van der Waals surface area contributed by atoms with E-state index >= 15 is 0 Å². The van der Waals surface area contributed by atoms with Crippen LogP contribution < -0.4 is 5.32 Å². The van der Waals surface area contributed by atoms with Gasteiger partial charge in [-0.1, -0.05) is 6.58 Å². The van der Waals surface area contributed by atoms with Crippen molar-refractivity contribution < 1.29 is 19.4 Å². The van der Waals surface area contributed by atoms with E-state index in [0.29, 0.717) is 0 Å². The van der Waals surface area contributed by atoms with Gasteiger partial charge in [0, 0.05) is 0 Å². The lowest BCUT2D eigenvalue weighted by Crippen LogP contribution is -2.62. The van der Waals surface area contributed by atoms with Crippen LogP contribution in [0.15, 0.2) is 12.7 Å². The summed E-state index contributed by atoms with van der Waals surface area (Å²) in [6.45, 7) is 7.11. The van der Waals surface area contributed by atoms with E-state index in [4.69, 9.17) is 9.47 Å². The van der Waals surface area contributed by atoms with Gasteiger partial charge in [-0.15, -0.1) is 0 Å². The predicted octanol–water partition coefficient (Wildman–Crippen LogP) is -0.197. The summed E-state index contributed by atoms with van der Waals surface area (Å²) in [6.07, 6.45) is 1.15. The van der Waals surface area contributed by atoms with E-state index in [1.807, 2.05) is 0 Å². The Kier molecular flexibility index (Phi) is 3.49. The Hall–Kier alpha value is -0.910. The first-order valence-electron chi connectivity index (χ1n) is 4.76. The Balaban J connectivity index is 2.64. The first kappa shape index (κ1) is 12.2. The average Bonchev–Trinajstić information content (AvgIpc) is 2.22. The van der Waals surface area contributed by atoms with Crippen LogP contribution >= 0.6 is 0 Å². The Bertz CT molecular complexity index is 252. The van der Waals surface area contributed by atoms with Crippen LogP contribution in [0.4, 0.5) is 0 Å². The zero-order valence-electron chi connectivity index (χ0n) is 9.08. The van der Waals surface area contributed by atoms with Crippen molar-refractivity contribution in [2.45, 2.75) is 25.2 Å². The largest absolute Gasteiger partial charge is 0.394 e.